The highest BCUT2D eigenvalue weighted by Gasteiger charge is 2.04. The molecule has 12 heavy (non-hydrogen) atoms. The van der Waals surface area contributed by atoms with Crippen LogP contribution in [0.1, 0.15) is 5.56 Å². The fourth-order valence-corrected chi connectivity index (χ4v) is 1.08. The second-order valence-electron chi connectivity index (χ2n) is 2.40. The van der Waals surface area contributed by atoms with Crippen LogP contribution >= 0.6 is 0 Å². The Bertz CT molecular complexity index is 467. The smallest absolute Gasteiger partial charge is 0.150 e. The molecule has 0 fully saturated rings. The van der Waals surface area contributed by atoms with Gasteiger partial charge in [-0.3, -0.25) is 5.10 Å². The second kappa shape index (κ2) is 2.31. The molecule has 0 bridgehead atoms. The summed E-state index contributed by atoms with van der Waals surface area (Å²) in [6.45, 7) is 0. The van der Waals surface area contributed by atoms with E-state index in [4.69, 9.17) is 5.26 Å². The van der Waals surface area contributed by atoms with Crippen molar-refractivity contribution in [3.8, 4) is 6.07 Å². The van der Waals surface area contributed by atoms with Gasteiger partial charge in [-0.25, -0.2) is 4.39 Å². The van der Waals surface area contributed by atoms with Crippen LogP contribution in [0, 0.1) is 17.1 Å². The molecule has 0 aliphatic rings. The van der Waals surface area contributed by atoms with Crippen molar-refractivity contribution in [2.75, 3.05) is 0 Å². The number of rotatable bonds is 0. The summed E-state index contributed by atoms with van der Waals surface area (Å²) in [6, 6.07) is 4.63. The highest BCUT2D eigenvalue weighted by atomic mass is 19.1. The summed E-state index contributed by atoms with van der Waals surface area (Å²) in [7, 11) is 0. The van der Waals surface area contributed by atoms with E-state index in [1.54, 1.807) is 6.07 Å². The minimum absolute atomic E-state index is 0.307. The zero-order chi connectivity index (χ0) is 8.55. The van der Waals surface area contributed by atoms with E-state index >= 15 is 0 Å². The minimum atomic E-state index is -0.443. The van der Waals surface area contributed by atoms with Crippen LogP contribution in [-0.4, -0.2) is 10.2 Å². The van der Waals surface area contributed by atoms with Gasteiger partial charge in [0.2, 0.25) is 0 Å². The van der Waals surface area contributed by atoms with E-state index in [1.165, 1.54) is 12.3 Å². The van der Waals surface area contributed by atoms with E-state index in [0.29, 0.717) is 16.5 Å². The molecule has 2 aromatic rings. The van der Waals surface area contributed by atoms with Crippen LogP contribution in [0.3, 0.4) is 0 Å². The molecule has 2 rings (SSSR count). The molecule has 0 saturated heterocycles. The van der Waals surface area contributed by atoms with Crippen LogP contribution in [0.15, 0.2) is 18.3 Å². The largest absolute Gasteiger partial charge is 0.275 e. The molecule has 0 aliphatic carbocycles. The molecule has 0 atom stereocenters. The van der Waals surface area contributed by atoms with Gasteiger partial charge in [-0.05, 0) is 12.1 Å². The molecule has 0 aliphatic heterocycles. The zero-order valence-electron chi connectivity index (χ0n) is 6.00. The fraction of sp³-hybridized carbons (Fsp3) is 0. The van der Waals surface area contributed by atoms with Gasteiger partial charge < -0.3 is 0 Å². The summed E-state index contributed by atoms with van der Waals surface area (Å²) in [5.74, 6) is -0.443. The van der Waals surface area contributed by atoms with Crippen molar-refractivity contribution in [3.63, 3.8) is 0 Å². The molecule has 4 heteroatoms. The predicted molar refractivity (Wildman–Crippen MR) is 40.8 cm³/mol. The highest BCUT2D eigenvalue weighted by Crippen LogP contribution is 2.16. The SMILES string of the molecule is N#Cc1cc(F)c2[nH]ncc2c1. The van der Waals surface area contributed by atoms with Gasteiger partial charge in [-0.1, -0.05) is 0 Å². The van der Waals surface area contributed by atoms with Crippen molar-refractivity contribution in [2.45, 2.75) is 0 Å². The number of benzene rings is 1. The summed E-state index contributed by atoms with van der Waals surface area (Å²) >= 11 is 0. The molecular weight excluding hydrogens is 157 g/mol. The number of aromatic amines is 1. The molecule has 1 aromatic heterocycles. The van der Waals surface area contributed by atoms with Crippen LogP contribution in [-0.2, 0) is 0 Å². The lowest BCUT2D eigenvalue weighted by atomic mass is 10.2. The third kappa shape index (κ3) is 0.839. The number of nitrogens with zero attached hydrogens (tertiary/aromatic N) is 2. The summed E-state index contributed by atoms with van der Waals surface area (Å²) < 4.78 is 13.0. The molecule has 0 spiro atoms. The lowest BCUT2D eigenvalue weighted by molar-refractivity contribution is 0.636. The second-order valence-corrected chi connectivity index (χ2v) is 2.40. The number of nitrogens with one attached hydrogen (secondary N) is 1. The number of H-pyrrole nitrogens is 1. The predicted octanol–water partition coefficient (Wildman–Crippen LogP) is 1.57. The van der Waals surface area contributed by atoms with Gasteiger partial charge in [0.05, 0.1) is 17.8 Å². The van der Waals surface area contributed by atoms with Crippen molar-refractivity contribution in [1.82, 2.24) is 10.2 Å². The first kappa shape index (κ1) is 6.80. The van der Waals surface area contributed by atoms with Gasteiger partial charge >= 0.3 is 0 Å². The number of hydrogen-bond donors (Lipinski definition) is 1. The Hall–Kier alpha value is -1.89. The van der Waals surface area contributed by atoms with Crippen molar-refractivity contribution < 1.29 is 4.39 Å². The van der Waals surface area contributed by atoms with Crippen molar-refractivity contribution in [1.29, 1.82) is 5.26 Å². The van der Waals surface area contributed by atoms with Crippen LogP contribution in [0.4, 0.5) is 4.39 Å². The van der Waals surface area contributed by atoms with E-state index in [0.717, 1.165) is 0 Å². The summed E-state index contributed by atoms with van der Waals surface area (Å²) in [5.41, 5.74) is 0.649. The molecule has 58 valence electrons. The van der Waals surface area contributed by atoms with E-state index in [9.17, 15) is 4.39 Å². The average molecular weight is 161 g/mol. The molecule has 0 amide bonds. The minimum Gasteiger partial charge on any atom is -0.275 e. The molecule has 0 radical (unpaired) electrons. The average Bonchev–Trinajstić information content (AvgIpc) is 2.52. The Morgan fingerprint density at radius 1 is 1.50 bits per heavy atom. The van der Waals surface area contributed by atoms with Gasteiger partial charge in [-0.15, -0.1) is 0 Å². The summed E-state index contributed by atoms with van der Waals surface area (Å²) in [6.07, 6.45) is 1.49. The third-order valence-electron chi connectivity index (χ3n) is 1.63. The van der Waals surface area contributed by atoms with Crippen LogP contribution in [0.25, 0.3) is 10.9 Å². The van der Waals surface area contributed by atoms with Gasteiger partial charge in [0.25, 0.3) is 0 Å². The normalized spacial score (nSPS) is 10.0. The maximum atomic E-state index is 13.0. The lowest BCUT2D eigenvalue weighted by Gasteiger charge is -1.91. The van der Waals surface area contributed by atoms with E-state index < -0.39 is 5.82 Å². The Balaban J connectivity index is 2.86. The monoisotopic (exact) mass is 161 g/mol. The van der Waals surface area contributed by atoms with Crippen molar-refractivity contribution in [3.05, 3.63) is 29.7 Å². The number of aromatic nitrogens is 2. The van der Waals surface area contributed by atoms with Crippen LogP contribution in [0.5, 0.6) is 0 Å². The van der Waals surface area contributed by atoms with Gasteiger partial charge in [0.1, 0.15) is 11.3 Å². The topological polar surface area (TPSA) is 52.5 Å². The summed E-state index contributed by atoms with van der Waals surface area (Å²) in [5, 5.41) is 15.3. The molecule has 1 heterocycles. The highest BCUT2D eigenvalue weighted by molar-refractivity contribution is 5.79. The van der Waals surface area contributed by atoms with Crippen LogP contribution in [0.2, 0.25) is 0 Å². The Morgan fingerprint density at radius 2 is 2.33 bits per heavy atom. The lowest BCUT2D eigenvalue weighted by Crippen LogP contribution is -1.81. The first-order valence-electron chi connectivity index (χ1n) is 3.34. The van der Waals surface area contributed by atoms with E-state index in [-0.39, 0.29) is 0 Å². The maximum absolute atomic E-state index is 13.0. The maximum Gasteiger partial charge on any atom is 0.150 e. The fourth-order valence-electron chi connectivity index (χ4n) is 1.08. The van der Waals surface area contributed by atoms with E-state index in [1.807, 2.05) is 6.07 Å². The summed E-state index contributed by atoms with van der Waals surface area (Å²) in [4.78, 5) is 0. The molecule has 1 aromatic carbocycles. The molecular formula is C8H4FN3. The van der Waals surface area contributed by atoms with Gasteiger partial charge in [0, 0.05) is 5.39 Å². The quantitative estimate of drug-likeness (QED) is 0.637. The Labute approximate surface area is 67.4 Å². The molecule has 3 nitrogen and oxygen atoms in total. The van der Waals surface area contributed by atoms with E-state index in [2.05, 4.69) is 10.2 Å². The third-order valence-corrected chi connectivity index (χ3v) is 1.63. The Kier molecular flexibility index (Phi) is 1.31. The first-order chi connectivity index (χ1) is 5.81. The number of hydrogen-bond acceptors (Lipinski definition) is 2. The number of halogens is 1. The van der Waals surface area contributed by atoms with Crippen LogP contribution < -0.4 is 0 Å². The standard InChI is InChI=1S/C8H4FN3/c9-7-2-5(3-10)1-6-4-11-12-8(6)7/h1-2,4H,(H,11,12). The van der Waals surface area contributed by atoms with Gasteiger partial charge in [-0.2, -0.15) is 10.4 Å². The Morgan fingerprint density at radius 3 is 3.08 bits per heavy atom. The number of fused-ring (bicyclic) bond motifs is 1. The van der Waals surface area contributed by atoms with Crippen molar-refractivity contribution >= 4 is 10.9 Å². The van der Waals surface area contributed by atoms with Crippen molar-refractivity contribution in [2.24, 2.45) is 0 Å². The van der Waals surface area contributed by atoms with Gasteiger partial charge in [0.15, 0.2) is 0 Å². The zero-order valence-corrected chi connectivity index (χ0v) is 6.00. The molecule has 1 N–H and O–H groups in total. The number of nitriles is 1. The first-order valence-corrected chi connectivity index (χ1v) is 3.34. The molecule has 0 saturated carbocycles. The molecule has 0 unspecified atom stereocenters.